The second-order valence-electron chi connectivity index (χ2n) is 8.02. The summed E-state index contributed by atoms with van der Waals surface area (Å²) in [5.74, 6) is 2.92. The van der Waals surface area contributed by atoms with Crippen LogP contribution in [0.3, 0.4) is 0 Å². The van der Waals surface area contributed by atoms with Crippen molar-refractivity contribution < 1.29 is 4.79 Å². The Hall–Kier alpha value is -2.31. The molecule has 2 heterocycles. The van der Waals surface area contributed by atoms with Crippen LogP contribution in [0.5, 0.6) is 0 Å². The Morgan fingerprint density at radius 2 is 1.90 bits per heavy atom. The van der Waals surface area contributed by atoms with Gasteiger partial charge in [-0.3, -0.25) is 9.79 Å². The van der Waals surface area contributed by atoms with Gasteiger partial charge >= 0.3 is 0 Å². The molecule has 0 radical (unpaired) electrons. The Morgan fingerprint density at radius 3 is 2.59 bits per heavy atom. The van der Waals surface area contributed by atoms with Crippen molar-refractivity contribution in [2.75, 3.05) is 51.2 Å². The first-order valence-electron chi connectivity index (χ1n) is 11.1. The molecule has 1 saturated carbocycles. The third kappa shape index (κ3) is 6.91. The third-order valence-corrected chi connectivity index (χ3v) is 6.02. The summed E-state index contributed by atoms with van der Waals surface area (Å²) in [6, 6.07) is 5.95. The molecule has 0 atom stereocenters. The van der Waals surface area contributed by atoms with Gasteiger partial charge in [0.15, 0.2) is 5.96 Å². The van der Waals surface area contributed by atoms with Crippen molar-refractivity contribution in [1.82, 2.24) is 20.5 Å². The molecular formula is C22H36N6O. The van der Waals surface area contributed by atoms with E-state index in [2.05, 4.69) is 25.5 Å². The van der Waals surface area contributed by atoms with Crippen LogP contribution in [0.25, 0.3) is 0 Å². The Kier molecular flexibility index (Phi) is 8.58. The van der Waals surface area contributed by atoms with Crippen LogP contribution in [0.2, 0.25) is 0 Å². The Labute approximate surface area is 175 Å². The number of amides is 1. The number of nitrogens with zero attached hydrogens (tertiary/aromatic N) is 4. The number of carbonyl (C=O) groups excluding carboxylic acids is 1. The monoisotopic (exact) mass is 400 g/mol. The van der Waals surface area contributed by atoms with Crippen LogP contribution in [0.1, 0.15) is 44.9 Å². The molecule has 1 saturated heterocycles. The quantitative estimate of drug-likeness (QED) is 0.398. The van der Waals surface area contributed by atoms with E-state index in [4.69, 9.17) is 0 Å². The molecule has 1 amide bonds. The maximum absolute atomic E-state index is 12.5. The minimum absolute atomic E-state index is 0.204. The van der Waals surface area contributed by atoms with E-state index in [0.29, 0.717) is 13.0 Å². The number of aliphatic imine (C=N–C) groups is 1. The van der Waals surface area contributed by atoms with Crippen molar-refractivity contribution in [3.05, 3.63) is 24.4 Å². The number of aromatic nitrogens is 1. The first-order chi connectivity index (χ1) is 14.3. The number of hydrogen-bond acceptors (Lipinski definition) is 4. The number of guanidine groups is 1. The summed E-state index contributed by atoms with van der Waals surface area (Å²) in [7, 11) is 1.78. The van der Waals surface area contributed by atoms with Gasteiger partial charge in [-0.15, -0.1) is 0 Å². The van der Waals surface area contributed by atoms with E-state index < -0.39 is 0 Å². The average molecular weight is 401 g/mol. The van der Waals surface area contributed by atoms with Crippen LogP contribution in [0.15, 0.2) is 29.4 Å². The summed E-state index contributed by atoms with van der Waals surface area (Å²) in [5.41, 5.74) is 0. The van der Waals surface area contributed by atoms with Gasteiger partial charge < -0.3 is 20.4 Å². The molecule has 2 aliphatic rings. The first kappa shape index (κ1) is 21.4. The highest BCUT2D eigenvalue weighted by molar-refractivity contribution is 5.81. The van der Waals surface area contributed by atoms with E-state index >= 15 is 0 Å². The van der Waals surface area contributed by atoms with Crippen molar-refractivity contribution in [2.45, 2.75) is 44.9 Å². The van der Waals surface area contributed by atoms with Gasteiger partial charge in [0.1, 0.15) is 5.82 Å². The average Bonchev–Trinajstić information content (AvgIpc) is 3.29. The molecule has 7 nitrogen and oxygen atoms in total. The fourth-order valence-electron chi connectivity index (χ4n) is 4.29. The lowest BCUT2D eigenvalue weighted by Crippen LogP contribution is -2.49. The summed E-state index contributed by atoms with van der Waals surface area (Å²) in [6.07, 6.45) is 10.4. The number of hydrogen-bond donors (Lipinski definition) is 2. The zero-order valence-corrected chi connectivity index (χ0v) is 17.8. The van der Waals surface area contributed by atoms with Gasteiger partial charge in [0.05, 0.1) is 0 Å². The zero-order chi connectivity index (χ0) is 20.3. The highest BCUT2D eigenvalue weighted by Gasteiger charge is 2.21. The van der Waals surface area contributed by atoms with Crippen LogP contribution in [0.4, 0.5) is 5.82 Å². The molecule has 7 heteroatoms. The van der Waals surface area contributed by atoms with Gasteiger partial charge in [-0.2, -0.15) is 0 Å². The third-order valence-electron chi connectivity index (χ3n) is 6.02. The molecule has 0 unspecified atom stereocenters. The number of rotatable bonds is 8. The van der Waals surface area contributed by atoms with E-state index in [1.165, 1.54) is 38.5 Å². The van der Waals surface area contributed by atoms with Crippen LogP contribution in [0, 0.1) is 5.92 Å². The van der Waals surface area contributed by atoms with Crippen molar-refractivity contribution in [2.24, 2.45) is 10.9 Å². The summed E-state index contributed by atoms with van der Waals surface area (Å²) in [6.45, 7) is 4.73. The lowest BCUT2D eigenvalue weighted by molar-refractivity contribution is -0.131. The predicted molar refractivity (Wildman–Crippen MR) is 118 cm³/mol. The predicted octanol–water partition coefficient (Wildman–Crippen LogP) is 2.26. The van der Waals surface area contributed by atoms with Gasteiger partial charge in [-0.25, -0.2) is 4.98 Å². The minimum atomic E-state index is 0.204. The maximum Gasteiger partial charge on any atom is 0.224 e. The van der Waals surface area contributed by atoms with Crippen LogP contribution in [-0.4, -0.2) is 68.1 Å². The first-order valence-corrected chi connectivity index (χ1v) is 11.1. The summed E-state index contributed by atoms with van der Waals surface area (Å²) < 4.78 is 0. The smallest absolute Gasteiger partial charge is 0.224 e. The number of carbonyl (C=O) groups is 1. The number of pyridine rings is 1. The topological polar surface area (TPSA) is 72.9 Å². The van der Waals surface area contributed by atoms with Gasteiger partial charge in [0.25, 0.3) is 0 Å². The molecule has 2 fully saturated rings. The lowest BCUT2D eigenvalue weighted by atomic mass is 10.0. The van der Waals surface area contributed by atoms with Crippen molar-refractivity contribution in [1.29, 1.82) is 0 Å². The highest BCUT2D eigenvalue weighted by atomic mass is 16.2. The largest absolute Gasteiger partial charge is 0.356 e. The van der Waals surface area contributed by atoms with Crippen LogP contribution >= 0.6 is 0 Å². The van der Waals surface area contributed by atoms with Crippen LogP contribution in [-0.2, 0) is 4.79 Å². The minimum Gasteiger partial charge on any atom is -0.356 e. The van der Waals surface area contributed by atoms with Crippen molar-refractivity contribution >= 4 is 17.7 Å². The molecule has 0 aromatic carbocycles. The SMILES string of the molecule is CN=C(NCCCC1CCCC1)NCCC(=O)N1CCN(c2ccccn2)CC1. The zero-order valence-electron chi connectivity index (χ0n) is 17.8. The van der Waals surface area contributed by atoms with E-state index in [1.807, 2.05) is 29.3 Å². The summed E-state index contributed by atoms with van der Waals surface area (Å²) in [4.78, 5) is 25.4. The number of nitrogens with one attached hydrogen (secondary N) is 2. The second kappa shape index (κ2) is 11.6. The number of anilines is 1. The molecule has 1 aliphatic heterocycles. The van der Waals surface area contributed by atoms with E-state index in [1.54, 1.807) is 7.05 Å². The standard InChI is InChI=1S/C22H36N6O/c1-23-22(25-13-6-9-19-7-2-3-8-19)26-14-11-21(29)28-17-15-27(16-18-28)20-10-4-5-12-24-20/h4-5,10,12,19H,2-3,6-9,11,13-18H2,1H3,(H2,23,25,26). The Morgan fingerprint density at radius 1 is 1.14 bits per heavy atom. The van der Waals surface area contributed by atoms with E-state index in [-0.39, 0.29) is 5.91 Å². The normalized spacial score (nSPS) is 18.2. The molecule has 0 bridgehead atoms. The molecule has 1 aromatic rings. The molecule has 29 heavy (non-hydrogen) atoms. The van der Waals surface area contributed by atoms with Gasteiger partial charge in [0, 0.05) is 58.9 Å². The molecule has 3 rings (SSSR count). The fraction of sp³-hybridized carbons (Fsp3) is 0.682. The molecule has 2 N–H and O–H groups in total. The Balaban J connectivity index is 1.27. The summed E-state index contributed by atoms with van der Waals surface area (Å²) >= 11 is 0. The Bertz CT molecular complexity index is 636. The maximum atomic E-state index is 12.5. The number of piperazine rings is 1. The van der Waals surface area contributed by atoms with Crippen LogP contribution < -0.4 is 15.5 Å². The molecule has 0 spiro atoms. The second-order valence-corrected chi connectivity index (χ2v) is 8.02. The molecule has 1 aromatic heterocycles. The van der Waals surface area contributed by atoms with E-state index in [9.17, 15) is 4.79 Å². The summed E-state index contributed by atoms with van der Waals surface area (Å²) in [5, 5.41) is 6.64. The lowest BCUT2D eigenvalue weighted by Gasteiger charge is -2.35. The van der Waals surface area contributed by atoms with Gasteiger partial charge in [-0.1, -0.05) is 31.7 Å². The fourth-order valence-corrected chi connectivity index (χ4v) is 4.29. The van der Waals surface area contributed by atoms with Crippen molar-refractivity contribution in [3.63, 3.8) is 0 Å². The molecular weight excluding hydrogens is 364 g/mol. The molecule has 160 valence electrons. The molecule has 1 aliphatic carbocycles. The highest BCUT2D eigenvalue weighted by Crippen LogP contribution is 2.28. The van der Waals surface area contributed by atoms with Crippen molar-refractivity contribution in [3.8, 4) is 0 Å². The van der Waals surface area contributed by atoms with E-state index in [0.717, 1.165) is 50.4 Å². The van der Waals surface area contributed by atoms with Gasteiger partial charge in [0.2, 0.25) is 5.91 Å². The van der Waals surface area contributed by atoms with Gasteiger partial charge in [-0.05, 0) is 30.9 Å².